The number of hydrogen-bond donors (Lipinski definition) is 1. The number of nitrogens with zero attached hydrogens (tertiary/aromatic N) is 1. The average molecular weight is 559 g/mol. The van der Waals surface area contributed by atoms with Gasteiger partial charge in [-0.1, -0.05) is 103 Å². The van der Waals surface area contributed by atoms with Gasteiger partial charge in [0.25, 0.3) is 0 Å². The van der Waals surface area contributed by atoms with Crippen LogP contribution in [-0.4, -0.2) is 47.9 Å². The van der Waals surface area contributed by atoms with Gasteiger partial charge in [-0.3, -0.25) is 14.1 Å². The Hall–Kier alpha value is -0.980. The van der Waals surface area contributed by atoms with Gasteiger partial charge in [-0.15, -0.1) is 0 Å². The van der Waals surface area contributed by atoms with E-state index in [0.717, 1.165) is 18.8 Å². The summed E-state index contributed by atoms with van der Waals surface area (Å²) >= 11 is 0. The predicted octanol–water partition coefficient (Wildman–Crippen LogP) is 3.70. The number of halogens is 1. The largest absolute Gasteiger partial charge is 1.00 e. The zero-order valence-electron chi connectivity index (χ0n) is 22.9. The van der Waals surface area contributed by atoms with Gasteiger partial charge in [0.05, 0.1) is 20.5 Å². The summed E-state index contributed by atoms with van der Waals surface area (Å²) in [7, 11) is 3.50. The van der Waals surface area contributed by atoms with Crippen LogP contribution in [0.5, 0.6) is 0 Å². The van der Waals surface area contributed by atoms with Gasteiger partial charge in [-0.25, -0.2) is 0 Å². The number of hydrogen-bond acceptors (Lipinski definition) is 4. The SMILES string of the molecule is C=CC[N+](C)(C)C1(O)OC(=O)CCC(=O)C1C=CCCCCCCCCCCCCCC(C)C.[Br-]. The number of cyclic esters (lactones) is 1. The Labute approximate surface area is 225 Å². The molecule has 204 valence electrons. The molecule has 2 atom stereocenters. The number of carbonyl (C=O) groups excluding carboxylic acids is 2. The molecule has 2 unspecified atom stereocenters. The third-order valence-electron chi connectivity index (χ3n) is 7.03. The van der Waals surface area contributed by atoms with Crippen LogP contribution in [0.2, 0.25) is 0 Å². The van der Waals surface area contributed by atoms with E-state index in [1.807, 2.05) is 6.08 Å². The fourth-order valence-electron chi connectivity index (χ4n) is 4.70. The second-order valence-electron chi connectivity index (χ2n) is 11.0. The number of aliphatic hydroxyl groups is 1. The van der Waals surface area contributed by atoms with E-state index in [2.05, 4.69) is 20.4 Å². The number of Topliss-reactive ketones (excluding diaryl/α,β-unsaturated/α-hetero) is 1. The van der Waals surface area contributed by atoms with Crippen molar-refractivity contribution in [3.63, 3.8) is 0 Å². The van der Waals surface area contributed by atoms with Crippen molar-refractivity contribution in [2.75, 3.05) is 20.6 Å². The number of unbranched alkanes of at least 4 members (excludes halogenated alkanes) is 11. The highest BCUT2D eigenvalue weighted by molar-refractivity contribution is 5.88. The molecule has 1 heterocycles. The van der Waals surface area contributed by atoms with Crippen LogP contribution in [0.3, 0.4) is 0 Å². The number of carbonyl (C=O) groups is 2. The van der Waals surface area contributed by atoms with Gasteiger partial charge in [0.2, 0.25) is 0 Å². The lowest BCUT2D eigenvalue weighted by atomic mass is 9.94. The zero-order valence-corrected chi connectivity index (χ0v) is 24.5. The van der Waals surface area contributed by atoms with E-state index < -0.39 is 17.8 Å². The van der Waals surface area contributed by atoms with Gasteiger partial charge >= 0.3 is 11.9 Å². The fourth-order valence-corrected chi connectivity index (χ4v) is 4.70. The van der Waals surface area contributed by atoms with Crippen molar-refractivity contribution in [1.29, 1.82) is 0 Å². The summed E-state index contributed by atoms with van der Waals surface area (Å²) in [5.41, 5.74) is 0. The summed E-state index contributed by atoms with van der Waals surface area (Å²) < 4.78 is 5.39. The van der Waals surface area contributed by atoms with E-state index in [4.69, 9.17) is 4.74 Å². The molecule has 1 saturated heterocycles. The van der Waals surface area contributed by atoms with Crippen LogP contribution < -0.4 is 17.0 Å². The lowest BCUT2D eigenvalue weighted by Crippen LogP contribution is -3.00. The Balaban J connectivity index is 0.0000116. The summed E-state index contributed by atoms with van der Waals surface area (Å²) in [6.07, 6.45) is 22.1. The van der Waals surface area contributed by atoms with Gasteiger partial charge < -0.3 is 26.8 Å². The van der Waals surface area contributed by atoms with E-state index in [-0.39, 0.29) is 40.1 Å². The molecule has 5 nitrogen and oxygen atoms in total. The van der Waals surface area contributed by atoms with Gasteiger partial charge in [-0.05, 0) is 24.8 Å². The van der Waals surface area contributed by atoms with Gasteiger partial charge in [-0.2, -0.15) is 0 Å². The van der Waals surface area contributed by atoms with E-state index in [0.29, 0.717) is 6.54 Å². The smallest absolute Gasteiger partial charge is 0.374 e. The van der Waals surface area contributed by atoms with E-state index in [1.165, 1.54) is 70.6 Å². The Morgan fingerprint density at radius 3 is 2.00 bits per heavy atom. The van der Waals surface area contributed by atoms with Crippen LogP contribution in [0.1, 0.15) is 110 Å². The van der Waals surface area contributed by atoms with Crippen LogP contribution in [-0.2, 0) is 14.3 Å². The highest BCUT2D eigenvalue weighted by Crippen LogP contribution is 2.34. The molecule has 0 aromatic heterocycles. The summed E-state index contributed by atoms with van der Waals surface area (Å²) in [6, 6.07) is 0. The van der Waals surface area contributed by atoms with Crippen molar-refractivity contribution in [2.24, 2.45) is 11.8 Å². The topological polar surface area (TPSA) is 63.6 Å². The van der Waals surface area contributed by atoms with Crippen molar-refractivity contribution in [3.8, 4) is 0 Å². The summed E-state index contributed by atoms with van der Waals surface area (Å²) in [4.78, 5) is 24.8. The number of ether oxygens (including phenoxy) is 1. The number of quaternary nitrogens is 1. The molecule has 0 amide bonds. The van der Waals surface area contributed by atoms with Crippen LogP contribution in [0.25, 0.3) is 0 Å². The molecule has 1 fully saturated rings. The van der Waals surface area contributed by atoms with E-state index in [1.54, 1.807) is 26.2 Å². The maximum absolute atomic E-state index is 12.7. The number of likely N-dealkylation sites (N-methyl/N-ethyl adjacent to an activating group) is 1. The first-order valence-corrected chi connectivity index (χ1v) is 13.7. The molecular formula is C29H52BrNO4. The first-order valence-electron chi connectivity index (χ1n) is 13.7. The molecule has 1 N–H and O–H groups in total. The minimum absolute atomic E-state index is 0. The Bertz CT molecular complexity index is 647. The standard InChI is InChI=1S/C29H52NO4.BrH/c1-6-24-30(4,5)29(33)26(27(31)22-23-28(32)34-29)21-19-17-15-13-11-9-7-8-10-12-14-16-18-20-25(2)3;/h6,19,21,25-26,33H,1,7-18,20,22-24H2,2-5H3;1H/q+1;/p-1. The molecule has 0 aliphatic carbocycles. The van der Waals surface area contributed by atoms with Crippen LogP contribution in [0.4, 0.5) is 0 Å². The minimum atomic E-state index is -1.91. The number of allylic oxidation sites excluding steroid dienone is 1. The zero-order chi connectivity index (χ0) is 25.5. The van der Waals surface area contributed by atoms with Crippen molar-refractivity contribution in [3.05, 3.63) is 24.8 Å². The number of ketones is 1. The van der Waals surface area contributed by atoms with Crippen molar-refractivity contribution >= 4 is 11.8 Å². The molecule has 1 rings (SSSR count). The molecule has 0 aromatic carbocycles. The quantitative estimate of drug-likeness (QED) is 0.0917. The Kier molecular flexibility index (Phi) is 17.8. The maximum Gasteiger partial charge on any atom is 0.374 e. The lowest BCUT2D eigenvalue weighted by Gasteiger charge is -2.44. The number of rotatable bonds is 18. The third-order valence-corrected chi connectivity index (χ3v) is 7.03. The Morgan fingerprint density at radius 2 is 1.49 bits per heavy atom. The summed E-state index contributed by atoms with van der Waals surface area (Å²) in [5, 5.41) is 11.3. The average Bonchev–Trinajstić information content (AvgIpc) is 2.87. The predicted molar refractivity (Wildman–Crippen MR) is 140 cm³/mol. The first kappa shape index (κ1) is 34.0. The second kappa shape index (κ2) is 18.3. The van der Waals surface area contributed by atoms with Gasteiger partial charge in [0, 0.05) is 6.42 Å². The summed E-state index contributed by atoms with van der Waals surface area (Å²) in [5.74, 6) is -2.62. The highest BCUT2D eigenvalue weighted by Gasteiger charge is 2.57. The third kappa shape index (κ3) is 12.7. The lowest BCUT2D eigenvalue weighted by molar-refractivity contribution is -0.990. The molecule has 1 aliphatic rings. The molecule has 0 saturated carbocycles. The fraction of sp³-hybridized carbons (Fsp3) is 0.793. The first-order chi connectivity index (χ1) is 16.1. The molecule has 6 heteroatoms. The normalized spacial score (nSPS) is 21.1. The maximum atomic E-state index is 12.7. The Morgan fingerprint density at radius 1 is 0.971 bits per heavy atom. The molecular weight excluding hydrogens is 506 g/mol. The van der Waals surface area contributed by atoms with Crippen molar-refractivity contribution in [1.82, 2.24) is 0 Å². The monoisotopic (exact) mass is 557 g/mol. The minimum Gasteiger partial charge on any atom is -1.00 e. The second-order valence-corrected chi connectivity index (χ2v) is 11.0. The molecule has 1 aliphatic heterocycles. The molecule has 0 radical (unpaired) electrons. The molecule has 0 spiro atoms. The van der Waals surface area contributed by atoms with Crippen LogP contribution in [0.15, 0.2) is 24.8 Å². The highest BCUT2D eigenvalue weighted by atomic mass is 79.9. The molecule has 35 heavy (non-hydrogen) atoms. The van der Waals surface area contributed by atoms with Crippen LogP contribution >= 0.6 is 0 Å². The molecule has 0 bridgehead atoms. The summed E-state index contributed by atoms with van der Waals surface area (Å²) in [6.45, 7) is 8.72. The molecule has 0 aromatic rings. The van der Waals surface area contributed by atoms with Gasteiger partial charge in [0.15, 0.2) is 11.7 Å². The van der Waals surface area contributed by atoms with Crippen LogP contribution in [0, 0.1) is 11.8 Å². The number of esters is 1. The van der Waals surface area contributed by atoms with Crippen molar-refractivity contribution < 1.29 is 40.9 Å². The van der Waals surface area contributed by atoms with E-state index in [9.17, 15) is 14.7 Å². The van der Waals surface area contributed by atoms with E-state index >= 15 is 0 Å². The van der Waals surface area contributed by atoms with Gasteiger partial charge in [0.1, 0.15) is 6.54 Å². The van der Waals surface area contributed by atoms with Crippen molar-refractivity contribution in [2.45, 2.75) is 116 Å².